The van der Waals surface area contributed by atoms with Gasteiger partial charge < -0.3 is 10.1 Å². The van der Waals surface area contributed by atoms with E-state index in [0.717, 1.165) is 0 Å². The largest absolute Gasteiger partial charge is 0.454 e. The van der Waals surface area contributed by atoms with E-state index in [-0.39, 0.29) is 15.8 Å². The van der Waals surface area contributed by atoms with Crippen molar-refractivity contribution < 1.29 is 22.7 Å². The highest BCUT2D eigenvalue weighted by molar-refractivity contribution is 7.89. The first-order chi connectivity index (χ1) is 12.4. The standard InChI is InChI=1S/C18H27ClN2O5S/c1-6-18(4,5)20-15(22)11-26-17(23)16(12(2)3)21-27(24,25)14-9-7-8-13(19)10-14/h7-10,12,16,21H,6,11H2,1-5H3,(H,20,22)/t16-/m0/s1. The molecule has 0 fully saturated rings. The maximum absolute atomic E-state index is 12.5. The summed E-state index contributed by atoms with van der Waals surface area (Å²) in [6.07, 6.45) is 0.709. The number of benzene rings is 1. The molecule has 7 nitrogen and oxygen atoms in total. The van der Waals surface area contributed by atoms with E-state index in [1.807, 2.05) is 20.8 Å². The number of halogens is 1. The Balaban J connectivity index is 2.81. The van der Waals surface area contributed by atoms with E-state index in [0.29, 0.717) is 6.42 Å². The number of sulfonamides is 1. The molecule has 0 saturated heterocycles. The van der Waals surface area contributed by atoms with Gasteiger partial charge in [0.05, 0.1) is 4.90 Å². The summed E-state index contributed by atoms with van der Waals surface area (Å²) in [7, 11) is -3.98. The summed E-state index contributed by atoms with van der Waals surface area (Å²) in [5.74, 6) is -1.66. The summed E-state index contributed by atoms with van der Waals surface area (Å²) >= 11 is 5.83. The Morgan fingerprint density at radius 3 is 2.41 bits per heavy atom. The van der Waals surface area contributed by atoms with Crippen molar-refractivity contribution in [1.29, 1.82) is 0 Å². The van der Waals surface area contributed by atoms with Crippen LogP contribution < -0.4 is 10.0 Å². The number of carbonyl (C=O) groups excluding carboxylic acids is 2. The molecule has 1 atom stereocenters. The van der Waals surface area contributed by atoms with Gasteiger partial charge in [0.1, 0.15) is 6.04 Å². The summed E-state index contributed by atoms with van der Waals surface area (Å²) in [6, 6.07) is 4.57. The third-order valence-corrected chi connectivity index (χ3v) is 5.69. The molecule has 0 unspecified atom stereocenters. The Bertz CT molecular complexity index is 778. The first-order valence-electron chi connectivity index (χ1n) is 8.63. The highest BCUT2D eigenvalue weighted by Crippen LogP contribution is 2.17. The van der Waals surface area contributed by atoms with Crippen molar-refractivity contribution in [2.45, 2.75) is 57.5 Å². The SMILES string of the molecule is CCC(C)(C)NC(=O)COC(=O)[C@@H](NS(=O)(=O)c1cccc(Cl)c1)C(C)C. The van der Waals surface area contributed by atoms with Gasteiger partial charge in [0.2, 0.25) is 10.0 Å². The van der Waals surface area contributed by atoms with Crippen molar-refractivity contribution in [2.75, 3.05) is 6.61 Å². The van der Waals surface area contributed by atoms with E-state index in [1.54, 1.807) is 19.9 Å². The number of carbonyl (C=O) groups is 2. The molecule has 0 aliphatic carbocycles. The van der Waals surface area contributed by atoms with E-state index in [4.69, 9.17) is 16.3 Å². The van der Waals surface area contributed by atoms with Crippen LogP contribution in [0.5, 0.6) is 0 Å². The third-order valence-electron chi connectivity index (χ3n) is 4.02. The van der Waals surface area contributed by atoms with Gasteiger partial charge in [-0.25, -0.2) is 8.42 Å². The number of ether oxygens (including phenoxy) is 1. The molecular formula is C18H27ClN2O5S. The normalized spacial score (nSPS) is 13.3. The molecule has 152 valence electrons. The van der Waals surface area contributed by atoms with Gasteiger partial charge in [0.15, 0.2) is 6.61 Å². The van der Waals surface area contributed by atoms with Crippen molar-refractivity contribution in [1.82, 2.24) is 10.0 Å². The van der Waals surface area contributed by atoms with Crippen molar-refractivity contribution in [2.24, 2.45) is 5.92 Å². The molecule has 0 radical (unpaired) electrons. The summed E-state index contributed by atoms with van der Waals surface area (Å²) < 4.78 is 32.4. The molecule has 9 heteroatoms. The molecule has 27 heavy (non-hydrogen) atoms. The molecule has 1 aromatic carbocycles. The molecule has 0 aliphatic heterocycles. The first kappa shape index (κ1) is 23.4. The second-order valence-electron chi connectivity index (χ2n) is 7.19. The molecule has 0 spiro atoms. The van der Waals surface area contributed by atoms with Crippen molar-refractivity contribution in [3.63, 3.8) is 0 Å². The minimum Gasteiger partial charge on any atom is -0.454 e. The number of nitrogens with one attached hydrogen (secondary N) is 2. The Kier molecular flexibility index (Phi) is 8.25. The molecule has 0 saturated carbocycles. The van der Waals surface area contributed by atoms with Crippen molar-refractivity contribution >= 4 is 33.5 Å². The highest BCUT2D eigenvalue weighted by Gasteiger charge is 2.30. The molecular weight excluding hydrogens is 392 g/mol. The molecule has 0 aromatic heterocycles. The summed E-state index contributed by atoms with van der Waals surface area (Å²) in [6.45, 7) is 8.49. The molecule has 0 heterocycles. The minimum absolute atomic E-state index is 0.0594. The van der Waals surface area contributed by atoms with Gasteiger partial charge in [-0.15, -0.1) is 0 Å². The van der Waals surface area contributed by atoms with Gasteiger partial charge in [-0.05, 0) is 44.4 Å². The predicted molar refractivity (Wildman–Crippen MR) is 104 cm³/mol. The van der Waals surface area contributed by atoms with E-state index < -0.39 is 40.1 Å². The third kappa shape index (κ3) is 7.48. The van der Waals surface area contributed by atoms with Crippen LogP contribution in [0.3, 0.4) is 0 Å². The maximum Gasteiger partial charge on any atom is 0.324 e. The van der Waals surface area contributed by atoms with Gasteiger partial charge in [0, 0.05) is 10.6 Å². The van der Waals surface area contributed by atoms with Crippen LogP contribution in [0.25, 0.3) is 0 Å². The van der Waals surface area contributed by atoms with Crippen molar-refractivity contribution in [3.8, 4) is 0 Å². The van der Waals surface area contributed by atoms with E-state index >= 15 is 0 Å². The fourth-order valence-electron chi connectivity index (χ4n) is 2.05. The van der Waals surface area contributed by atoms with Crippen LogP contribution in [0.4, 0.5) is 0 Å². The van der Waals surface area contributed by atoms with Gasteiger partial charge >= 0.3 is 5.97 Å². The fraction of sp³-hybridized carbons (Fsp3) is 0.556. The van der Waals surface area contributed by atoms with Gasteiger partial charge in [-0.3, -0.25) is 9.59 Å². The average Bonchev–Trinajstić information content (AvgIpc) is 2.57. The Labute approximate surface area is 165 Å². The van der Waals surface area contributed by atoms with Gasteiger partial charge in [0.25, 0.3) is 5.91 Å². The van der Waals surface area contributed by atoms with Crippen LogP contribution in [0, 0.1) is 5.92 Å². The minimum atomic E-state index is -3.98. The number of hydrogen-bond acceptors (Lipinski definition) is 5. The van der Waals surface area contributed by atoms with Gasteiger partial charge in [-0.1, -0.05) is 38.4 Å². The van der Waals surface area contributed by atoms with Crippen LogP contribution in [0.15, 0.2) is 29.2 Å². The molecule has 1 amide bonds. The summed E-state index contributed by atoms with van der Waals surface area (Å²) in [5, 5.41) is 3.00. The molecule has 0 aliphatic rings. The highest BCUT2D eigenvalue weighted by atomic mass is 35.5. The van der Waals surface area contributed by atoms with Crippen LogP contribution in [0.2, 0.25) is 5.02 Å². The lowest BCUT2D eigenvalue weighted by molar-refractivity contribution is -0.151. The van der Waals surface area contributed by atoms with Crippen LogP contribution in [0.1, 0.15) is 41.0 Å². The van der Waals surface area contributed by atoms with E-state index in [9.17, 15) is 18.0 Å². The monoisotopic (exact) mass is 418 g/mol. The van der Waals surface area contributed by atoms with Crippen LogP contribution in [-0.2, 0) is 24.3 Å². The lowest BCUT2D eigenvalue weighted by Gasteiger charge is -2.25. The fourth-order valence-corrected chi connectivity index (χ4v) is 3.69. The zero-order valence-corrected chi connectivity index (χ0v) is 17.8. The number of rotatable bonds is 9. The number of esters is 1. The van der Waals surface area contributed by atoms with Gasteiger partial charge in [-0.2, -0.15) is 4.72 Å². The zero-order chi connectivity index (χ0) is 20.8. The zero-order valence-electron chi connectivity index (χ0n) is 16.2. The first-order valence-corrected chi connectivity index (χ1v) is 10.5. The molecule has 1 aromatic rings. The summed E-state index contributed by atoms with van der Waals surface area (Å²) in [5.41, 5.74) is -0.422. The summed E-state index contributed by atoms with van der Waals surface area (Å²) in [4.78, 5) is 24.2. The molecule has 1 rings (SSSR count). The average molecular weight is 419 g/mol. The second kappa shape index (κ2) is 9.52. The van der Waals surface area contributed by atoms with E-state index in [2.05, 4.69) is 10.0 Å². The Morgan fingerprint density at radius 1 is 1.26 bits per heavy atom. The Hall–Kier alpha value is -1.64. The smallest absolute Gasteiger partial charge is 0.324 e. The quantitative estimate of drug-likeness (QED) is 0.600. The molecule has 0 bridgehead atoms. The lowest BCUT2D eigenvalue weighted by atomic mass is 10.0. The topological polar surface area (TPSA) is 102 Å². The maximum atomic E-state index is 12.5. The molecule has 2 N–H and O–H groups in total. The second-order valence-corrected chi connectivity index (χ2v) is 9.34. The number of amides is 1. The van der Waals surface area contributed by atoms with Crippen LogP contribution in [-0.4, -0.2) is 38.5 Å². The lowest BCUT2D eigenvalue weighted by Crippen LogP contribution is -2.48. The van der Waals surface area contributed by atoms with E-state index in [1.165, 1.54) is 18.2 Å². The van der Waals surface area contributed by atoms with Crippen LogP contribution >= 0.6 is 11.6 Å². The predicted octanol–water partition coefficient (Wildman–Crippen LogP) is 2.49. The number of hydrogen-bond donors (Lipinski definition) is 2. The Morgan fingerprint density at radius 2 is 1.89 bits per heavy atom. The van der Waals surface area contributed by atoms with Crippen molar-refractivity contribution in [3.05, 3.63) is 29.3 Å².